The molecule has 1 aliphatic rings. The lowest BCUT2D eigenvalue weighted by Crippen LogP contribution is -2.33. The van der Waals surface area contributed by atoms with Gasteiger partial charge in [-0.15, -0.1) is 0 Å². The Morgan fingerprint density at radius 2 is 2.12 bits per heavy atom. The van der Waals surface area contributed by atoms with Gasteiger partial charge >= 0.3 is 0 Å². The summed E-state index contributed by atoms with van der Waals surface area (Å²) in [6.45, 7) is 1.53. The van der Waals surface area contributed by atoms with E-state index in [1.807, 2.05) is 0 Å². The monoisotopic (exact) mass is 361 g/mol. The molecule has 3 rings (SSSR count). The molecule has 2 aromatic rings. The van der Waals surface area contributed by atoms with Gasteiger partial charge in [-0.05, 0) is 18.9 Å². The average Bonchev–Trinajstić information content (AvgIpc) is 3.18. The van der Waals surface area contributed by atoms with Crippen molar-refractivity contribution in [2.45, 2.75) is 31.9 Å². The zero-order valence-electron chi connectivity index (χ0n) is 15.0. The average molecular weight is 361 g/mol. The second-order valence-electron chi connectivity index (χ2n) is 6.16. The molecular weight excluding hydrogens is 338 g/mol. The van der Waals surface area contributed by atoms with Crippen LogP contribution in [0.1, 0.15) is 19.3 Å². The third-order valence-electron chi connectivity index (χ3n) is 4.46. The molecule has 26 heavy (non-hydrogen) atoms. The number of methoxy groups -OCH3 is 2. The highest BCUT2D eigenvalue weighted by molar-refractivity contribution is 5.81. The number of nitrogens with zero attached hydrogens (tertiary/aromatic N) is 2. The maximum atomic E-state index is 12.7. The maximum absolute atomic E-state index is 12.7. The highest BCUT2D eigenvalue weighted by Gasteiger charge is 2.16. The quantitative estimate of drug-likeness (QED) is 0.794. The Balaban J connectivity index is 1.68. The van der Waals surface area contributed by atoms with E-state index in [1.165, 1.54) is 25.1 Å². The van der Waals surface area contributed by atoms with Gasteiger partial charge in [-0.3, -0.25) is 14.2 Å². The summed E-state index contributed by atoms with van der Waals surface area (Å²) >= 11 is 0. The summed E-state index contributed by atoms with van der Waals surface area (Å²) in [6.07, 6.45) is 3.76. The first-order valence-corrected chi connectivity index (χ1v) is 8.62. The van der Waals surface area contributed by atoms with Crippen LogP contribution < -0.4 is 20.3 Å². The number of carbonyl (C=O) groups excluding carboxylic acids is 1. The Bertz CT molecular complexity index is 843. The van der Waals surface area contributed by atoms with Crippen LogP contribution in [0, 0.1) is 0 Å². The van der Waals surface area contributed by atoms with Gasteiger partial charge in [0.15, 0.2) is 11.5 Å². The number of nitrogens with one attached hydrogen (secondary N) is 1. The summed E-state index contributed by atoms with van der Waals surface area (Å²) in [5, 5.41) is 3.27. The molecule has 0 unspecified atom stereocenters. The fourth-order valence-electron chi connectivity index (χ4n) is 2.99. The number of rotatable bonds is 7. The number of aryl methyl sites for hydroxylation is 1. The SMILES string of the molecule is COc1cc2ncn(CCC(=O)NC[C@@H]3CCCO3)c(=O)c2cc1OC. The number of aromatic nitrogens is 2. The predicted octanol–water partition coefficient (Wildman–Crippen LogP) is 1.10. The van der Waals surface area contributed by atoms with Gasteiger partial charge in [0.25, 0.3) is 5.56 Å². The van der Waals surface area contributed by atoms with Crippen LogP contribution in [-0.4, -0.2) is 48.9 Å². The summed E-state index contributed by atoms with van der Waals surface area (Å²) in [5.74, 6) is 0.865. The number of hydrogen-bond acceptors (Lipinski definition) is 6. The van der Waals surface area contributed by atoms with Crippen molar-refractivity contribution >= 4 is 16.8 Å². The Labute approximate surface area is 151 Å². The van der Waals surface area contributed by atoms with E-state index < -0.39 is 0 Å². The molecule has 1 aromatic carbocycles. The van der Waals surface area contributed by atoms with Gasteiger partial charge in [0, 0.05) is 32.2 Å². The third kappa shape index (κ3) is 3.96. The van der Waals surface area contributed by atoms with Crippen LogP contribution in [0.4, 0.5) is 0 Å². The Kier molecular flexibility index (Phi) is 5.72. The number of hydrogen-bond donors (Lipinski definition) is 1. The minimum Gasteiger partial charge on any atom is -0.493 e. The Morgan fingerprint density at radius 1 is 1.35 bits per heavy atom. The van der Waals surface area contributed by atoms with E-state index in [1.54, 1.807) is 12.1 Å². The van der Waals surface area contributed by atoms with Crippen molar-refractivity contribution in [2.24, 2.45) is 0 Å². The number of carbonyl (C=O) groups is 1. The molecule has 1 N–H and O–H groups in total. The molecule has 8 nitrogen and oxygen atoms in total. The van der Waals surface area contributed by atoms with Crippen molar-refractivity contribution < 1.29 is 19.0 Å². The van der Waals surface area contributed by atoms with E-state index in [0.717, 1.165) is 19.4 Å². The maximum Gasteiger partial charge on any atom is 0.261 e. The molecule has 1 aliphatic heterocycles. The number of fused-ring (bicyclic) bond motifs is 1. The van der Waals surface area contributed by atoms with Crippen LogP contribution in [-0.2, 0) is 16.1 Å². The number of ether oxygens (including phenoxy) is 3. The van der Waals surface area contributed by atoms with Crippen LogP contribution in [0.5, 0.6) is 11.5 Å². The van der Waals surface area contributed by atoms with Crippen LogP contribution in [0.25, 0.3) is 10.9 Å². The number of amides is 1. The molecule has 1 amide bonds. The normalized spacial score (nSPS) is 16.6. The molecule has 0 radical (unpaired) electrons. The van der Waals surface area contributed by atoms with E-state index in [2.05, 4.69) is 10.3 Å². The smallest absolute Gasteiger partial charge is 0.261 e. The van der Waals surface area contributed by atoms with E-state index >= 15 is 0 Å². The molecule has 0 bridgehead atoms. The zero-order chi connectivity index (χ0) is 18.5. The zero-order valence-corrected chi connectivity index (χ0v) is 15.0. The summed E-state index contributed by atoms with van der Waals surface area (Å²) in [6, 6.07) is 3.27. The largest absolute Gasteiger partial charge is 0.493 e. The van der Waals surface area contributed by atoms with Gasteiger partial charge in [-0.2, -0.15) is 0 Å². The molecule has 1 saturated heterocycles. The molecule has 0 aliphatic carbocycles. The molecule has 1 fully saturated rings. The first kappa shape index (κ1) is 18.2. The summed E-state index contributed by atoms with van der Waals surface area (Å²) in [7, 11) is 3.04. The van der Waals surface area contributed by atoms with Crippen molar-refractivity contribution in [3.05, 3.63) is 28.8 Å². The van der Waals surface area contributed by atoms with E-state index in [4.69, 9.17) is 14.2 Å². The van der Waals surface area contributed by atoms with Crippen molar-refractivity contribution in [1.29, 1.82) is 0 Å². The van der Waals surface area contributed by atoms with Gasteiger partial charge in [0.2, 0.25) is 5.91 Å². The van der Waals surface area contributed by atoms with Crippen LogP contribution in [0.2, 0.25) is 0 Å². The molecular formula is C18H23N3O5. The Hall–Kier alpha value is -2.61. The fraction of sp³-hybridized carbons (Fsp3) is 0.500. The standard InChI is InChI=1S/C18H23N3O5/c1-24-15-8-13-14(9-16(15)25-2)20-11-21(18(13)23)6-5-17(22)19-10-12-4-3-7-26-12/h8-9,11-12H,3-7,10H2,1-2H3,(H,19,22)/t12-/m0/s1. The molecule has 1 atom stereocenters. The molecule has 0 saturated carbocycles. The van der Waals surface area contributed by atoms with E-state index in [9.17, 15) is 9.59 Å². The third-order valence-corrected chi connectivity index (χ3v) is 4.46. The lowest BCUT2D eigenvalue weighted by molar-refractivity contribution is -0.121. The van der Waals surface area contributed by atoms with E-state index in [0.29, 0.717) is 28.9 Å². The minimum atomic E-state index is -0.220. The van der Waals surface area contributed by atoms with E-state index in [-0.39, 0.29) is 30.5 Å². The lowest BCUT2D eigenvalue weighted by Gasteiger charge is -2.12. The topological polar surface area (TPSA) is 91.7 Å². The second-order valence-corrected chi connectivity index (χ2v) is 6.16. The first-order chi connectivity index (χ1) is 12.6. The van der Waals surface area contributed by atoms with Crippen molar-refractivity contribution in [3.63, 3.8) is 0 Å². The van der Waals surface area contributed by atoms with Crippen molar-refractivity contribution in [3.8, 4) is 11.5 Å². The molecule has 2 heterocycles. The highest BCUT2D eigenvalue weighted by atomic mass is 16.5. The Morgan fingerprint density at radius 3 is 2.81 bits per heavy atom. The van der Waals surface area contributed by atoms with Crippen LogP contribution >= 0.6 is 0 Å². The predicted molar refractivity (Wildman–Crippen MR) is 95.7 cm³/mol. The lowest BCUT2D eigenvalue weighted by atomic mass is 10.2. The molecule has 0 spiro atoms. The fourth-order valence-corrected chi connectivity index (χ4v) is 2.99. The van der Waals surface area contributed by atoms with Gasteiger partial charge in [-0.25, -0.2) is 4.98 Å². The van der Waals surface area contributed by atoms with Gasteiger partial charge in [0.1, 0.15) is 0 Å². The molecule has 1 aromatic heterocycles. The van der Waals surface area contributed by atoms with Gasteiger partial charge in [-0.1, -0.05) is 0 Å². The van der Waals surface area contributed by atoms with Crippen LogP contribution in [0.3, 0.4) is 0 Å². The highest BCUT2D eigenvalue weighted by Crippen LogP contribution is 2.29. The summed E-state index contributed by atoms with van der Waals surface area (Å²) < 4.78 is 17.4. The summed E-state index contributed by atoms with van der Waals surface area (Å²) in [4.78, 5) is 28.9. The van der Waals surface area contributed by atoms with Crippen molar-refractivity contribution in [1.82, 2.24) is 14.9 Å². The second kappa shape index (κ2) is 8.18. The van der Waals surface area contributed by atoms with Gasteiger partial charge in [0.05, 0.1) is 37.6 Å². The summed E-state index contributed by atoms with van der Waals surface area (Å²) in [5.41, 5.74) is 0.301. The minimum absolute atomic E-state index is 0.103. The molecule has 8 heteroatoms. The number of benzene rings is 1. The molecule has 140 valence electrons. The van der Waals surface area contributed by atoms with Crippen molar-refractivity contribution in [2.75, 3.05) is 27.4 Å². The van der Waals surface area contributed by atoms with Crippen LogP contribution in [0.15, 0.2) is 23.3 Å². The first-order valence-electron chi connectivity index (χ1n) is 8.62. The van der Waals surface area contributed by atoms with Gasteiger partial charge < -0.3 is 19.5 Å².